The van der Waals surface area contributed by atoms with Crippen LogP contribution >= 0.6 is 0 Å². The fraction of sp³-hybridized carbons (Fsp3) is 0.222. The molecule has 0 fully saturated rings. The molecule has 1 aliphatic rings. The van der Waals surface area contributed by atoms with Gasteiger partial charge in [-0.15, -0.1) is 0 Å². The molecule has 2 amide bonds. The van der Waals surface area contributed by atoms with E-state index in [0.717, 1.165) is 16.7 Å². The molecule has 1 N–H and O–H groups in total. The van der Waals surface area contributed by atoms with Gasteiger partial charge in [0.15, 0.2) is 5.76 Å². The highest BCUT2D eigenvalue weighted by molar-refractivity contribution is 6.00. The van der Waals surface area contributed by atoms with Crippen LogP contribution in [0.2, 0.25) is 0 Å². The van der Waals surface area contributed by atoms with Gasteiger partial charge >= 0.3 is 0 Å². The molecule has 4 aromatic rings. The van der Waals surface area contributed by atoms with Crippen molar-refractivity contribution in [1.29, 1.82) is 0 Å². The van der Waals surface area contributed by atoms with Crippen molar-refractivity contribution in [2.45, 2.75) is 39.0 Å². The lowest BCUT2D eigenvalue weighted by Gasteiger charge is -2.43. The molecule has 172 valence electrons. The summed E-state index contributed by atoms with van der Waals surface area (Å²) < 4.78 is 7.09. The Balaban J connectivity index is 1.47. The van der Waals surface area contributed by atoms with E-state index in [1.165, 1.54) is 0 Å². The van der Waals surface area contributed by atoms with Crippen molar-refractivity contribution in [3.05, 3.63) is 101 Å². The topological polar surface area (TPSA) is 80.4 Å². The molecule has 5 rings (SSSR count). The van der Waals surface area contributed by atoms with E-state index in [4.69, 9.17) is 4.42 Å². The fourth-order valence-electron chi connectivity index (χ4n) is 4.28. The van der Waals surface area contributed by atoms with Crippen molar-refractivity contribution in [3.8, 4) is 11.5 Å². The molecule has 0 unspecified atom stereocenters. The minimum Gasteiger partial charge on any atom is -0.463 e. The van der Waals surface area contributed by atoms with Gasteiger partial charge in [-0.3, -0.25) is 14.3 Å². The van der Waals surface area contributed by atoms with Crippen molar-refractivity contribution in [2.75, 3.05) is 0 Å². The summed E-state index contributed by atoms with van der Waals surface area (Å²) >= 11 is 0. The van der Waals surface area contributed by atoms with E-state index < -0.39 is 5.54 Å². The third-order valence-corrected chi connectivity index (χ3v) is 6.32. The first kappa shape index (κ1) is 21.7. The minimum absolute atomic E-state index is 0.224. The molecule has 0 radical (unpaired) electrons. The van der Waals surface area contributed by atoms with E-state index in [1.807, 2.05) is 61.5 Å². The maximum atomic E-state index is 13.7. The SMILES string of the molecule is Cc1ccc(CNC(=O)[C@@]2(C)Cn3nc(-c4ccco4)cc3C(=O)N2Cc2ccccc2)cc1. The lowest BCUT2D eigenvalue weighted by molar-refractivity contribution is -0.133. The van der Waals surface area contributed by atoms with Gasteiger partial charge in [0, 0.05) is 19.2 Å². The van der Waals surface area contributed by atoms with E-state index >= 15 is 0 Å². The second kappa shape index (κ2) is 8.67. The standard InChI is InChI=1S/C27H26N4O3/c1-19-10-12-20(13-11-19)16-28-26(33)27(2)18-31-23(15-22(29-31)24-9-6-14-34-24)25(32)30(27)17-21-7-4-3-5-8-21/h3-15H,16-18H2,1-2H3,(H,28,33)/t27-/m1/s1. The number of amides is 2. The largest absolute Gasteiger partial charge is 0.463 e. The molecule has 0 saturated heterocycles. The Morgan fingerprint density at radius 1 is 1.06 bits per heavy atom. The van der Waals surface area contributed by atoms with Crippen LogP contribution < -0.4 is 5.32 Å². The van der Waals surface area contributed by atoms with Gasteiger partial charge in [-0.25, -0.2) is 0 Å². The molecule has 1 aliphatic heterocycles. The van der Waals surface area contributed by atoms with Crippen LogP contribution in [-0.4, -0.2) is 32.0 Å². The molecule has 2 aromatic carbocycles. The lowest BCUT2D eigenvalue weighted by atomic mass is 9.94. The van der Waals surface area contributed by atoms with E-state index in [9.17, 15) is 9.59 Å². The minimum atomic E-state index is -1.13. The number of hydrogen-bond acceptors (Lipinski definition) is 4. The van der Waals surface area contributed by atoms with Crippen molar-refractivity contribution < 1.29 is 14.0 Å². The smallest absolute Gasteiger partial charge is 0.273 e. The number of fused-ring (bicyclic) bond motifs is 1. The quantitative estimate of drug-likeness (QED) is 0.474. The predicted molar refractivity (Wildman–Crippen MR) is 128 cm³/mol. The zero-order valence-corrected chi connectivity index (χ0v) is 19.2. The fourth-order valence-corrected chi connectivity index (χ4v) is 4.28. The second-order valence-corrected chi connectivity index (χ2v) is 8.87. The Hall–Kier alpha value is -4.13. The first-order valence-corrected chi connectivity index (χ1v) is 11.3. The number of aryl methyl sites for hydroxylation is 1. The van der Waals surface area contributed by atoms with Crippen LogP contribution in [0, 0.1) is 6.92 Å². The number of benzene rings is 2. The molecule has 0 bridgehead atoms. The van der Waals surface area contributed by atoms with Crippen LogP contribution in [0.25, 0.3) is 11.5 Å². The van der Waals surface area contributed by atoms with Crippen LogP contribution in [0.15, 0.2) is 83.5 Å². The van der Waals surface area contributed by atoms with Crippen LogP contribution in [-0.2, 0) is 24.4 Å². The highest BCUT2D eigenvalue weighted by Gasteiger charge is 2.48. The zero-order valence-electron chi connectivity index (χ0n) is 19.2. The Morgan fingerprint density at radius 3 is 2.53 bits per heavy atom. The van der Waals surface area contributed by atoms with Gasteiger partial charge in [-0.1, -0.05) is 60.2 Å². The van der Waals surface area contributed by atoms with Gasteiger partial charge in [-0.05, 0) is 37.1 Å². The zero-order chi connectivity index (χ0) is 23.7. The molecule has 0 saturated carbocycles. The predicted octanol–water partition coefficient (Wildman–Crippen LogP) is 4.18. The summed E-state index contributed by atoms with van der Waals surface area (Å²) in [6, 6.07) is 23.0. The molecule has 0 spiro atoms. The average Bonchev–Trinajstić information content (AvgIpc) is 3.52. The van der Waals surface area contributed by atoms with Crippen LogP contribution in [0.5, 0.6) is 0 Å². The van der Waals surface area contributed by atoms with E-state index in [1.54, 1.807) is 41.0 Å². The van der Waals surface area contributed by atoms with E-state index in [2.05, 4.69) is 10.4 Å². The third kappa shape index (κ3) is 4.01. The van der Waals surface area contributed by atoms with Crippen molar-refractivity contribution >= 4 is 11.8 Å². The number of aromatic nitrogens is 2. The second-order valence-electron chi connectivity index (χ2n) is 8.87. The summed E-state index contributed by atoms with van der Waals surface area (Å²) in [5, 5.41) is 7.62. The summed E-state index contributed by atoms with van der Waals surface area (Å²) in [6.45, 7) is 4.76. The van der Waals surface area contributed by atoms with Gasteiger partial charge in [0.1, 0.15) is 16.9 Å². The number of furan rings is 1. The first-order chi connectivity index (χ1) is 16.4. The maximum Gasteiger partial charge on any atom is 0.273 e. The number of rotatable bonds is 6. The number of nitrogens with zero attached hydrogens (tertiary/aromatic N) is 3. The monoisotopic (exact) mass is 454 g/mol. The van der Waals surface area contributed by atoms with Crippen molar-refractivity contribution in [3.63, 3.8) is 0 Å². The molecular formula is C27H26N4O3. The Kier molecular flexibility index (Phi) is 5.53. The van der Waals surface area contributed by atoms with Gasteiger partial charge in [0.05, 0.1) is 12.8 Å². The van der Waals surface area contributed by atoms with Crippen molar-refractivity contribution in [1.82, 2.24) is 20.0 Å². The third-order valence-electron chi connectivity index (χ3n) is 6.32. The summed E-state index contributed by atoms with van der Waals surface area (Å²) in [6.07, 6.45) is 1.57. The molecule has 7 nitrogen and oxygen atoms in total. The average molecular weight is 455 g/mol. The van der Waals surface area contributed by atoms with Gasteiger partial charge in [-0.2, -0.15) is 5.10 Å². The summed E-state index contributed by atoms with van der Waals surface area (Å²) in [5.74, 6) is 0.112. The number of carbonyl (C=O) groups excluding carboxylic acids is 2. The van der Waals surface area contributed by atoms with Gasteiger partial charge < -0.3 is 14.6 Å². The molecule has 0 aliphatic carbocycles. The maximum absolute atomic E-state index is 13.7. The number of nitrogens with one attached hydrogen (secondary N) is 1. The molecule has 7 heteroatoms. The summed E-state index contributed by atoms with van der Waals surface area (Å²) in [5.41, 5.74) is 2.99. The lowest BCUT2D eigenvalue weighted by Crippen LogP contribution is -2.63. The van der Waals surface area contributed by atoms with Gasteiger partial charge in [0.2, 0.25) is 5.91 Å². The summed E-state index contributed by atoms with van der Waals surface area (Å²) in [4.78, 5) is 28.9. The highest BCUT2D eigenvalue weighted by Crippen LogP contribution is 2.31. The Bertz CT molecular complexity index is 1310. The van der Waals surface area contributed by atoms with Crippen LogP contribution in [0.1, 0.15) is 34.1 Å². The Morgan fingerprint density at radius 2 is 1.82 bits per heavy atom. The van der Waals surface area contributed by atoms with Crippen LogP contribution in [0.3, 0.4) is 0 Å². The van der Waals surface area contributed by atoms with E-state index in [-0.39, 0.29) is 18.4 Å². The first-order valence-electron chi connectivity index (χ1n) is 11.3. The number of hydrogen-bond donors (Lipinski definition) is 1. The van der Waals surface area contributed by atoms with E-state index in [0.29, 0.717) is 30.2 Å². The number of carbonyl (C=O) groups is 2. The molecule has 34 heavy (non-hydrogen) atoms. The van der Waals surface area contributed by atoms with Gasteiger partial charge in [0.25, 0.3) is 5.91 Å². The van der Waals surface area contributed by atoms with Crippen molar-refractivity contribution in [2.24, 2.45) is 0 Å². The Labute approximate surface area is 198 Å². The summed E-state index contributed by atoms with van der Waals surface area (Å²) in [7, 11) is 0. The van der Waals surface area contributed by atoms with Crippen LogP contribution in [0.4, 0.5) is 0 Å². The normalized spacial score (nSPS) is 17.5. The molecule has 1 atom stereocenters. The molecule has 3 heterocycles. The molecular weight excluding hydrogens is 428 g/mol. The highest BCUT2D eigenvalue weighted by atomic mass is 16.3. The molecule has 2 aromatic heterocycles.